The highest BCUT2D eigenvalue weighted by Gasteiger charge is 2.31. The number of anilines is 1. The first-order valence-corrected chi connectivity index (χ1v) is 11.5. The van der Waals surface area contributed by atoms with Crippen LogP contribution in [0.25, 0.3) is 27.7 Å². The predicted molar refractivity (Wildman–Crippen MR) is 126 cm³/mol. The van der Waals surface area contributed by atoms with Gasteiger partial charge in [0, 0.05) is 13.5 Å². The number of methoxy groups -OCH3 is 1. The van der Waals surface area contributed by atoms with Crippen LogP contribution in [0.2, 0.25) is 0 Å². The first kappa shape index (κ1) is 23.8. The third kappa shape index (κ3) is 4.07. The molecule has 0 spiro atoms. The number of nitrogens with zero attached hydrogens (tertiary/aromatic N) is 7. The summed E-state index contributed by atoms with van der Waals surface area (Å²) in [5.74, 6) is -0.595. The van der Waals surface area contributed by atoms with Crippen LogP contribution in [0.4, 0.5) is 19.1 Å². The number of benzene rings is 1. The number of likely N-dealkylation sites (tertiary alicyclic amines) is 1. The summed E-state index contributed by atoms with van der Waals surface area (Å²) in [4.78, 5) is 17.4. The van der Waals surface area contributed by atoms with Gasteiger partial charge in [-0.2, -0.15) is 4.98 Å². The predicted octanol–water partition coefficient (Wildman–Crippen LogP) is 3.19. The smallest absolute Gasteiger partial charge is 0.244 e. The van der Waals surface area contributed by atoms with Crippen LogP contribution >= 0.6 is 0 Å². The lowest BCUT2D eigenvalue weighted by Crippen LogP contribution is -2.49. The van der Waals surface area contributed by atoms with Gasteiger partial charge in [-0.25, -0.2) is 22.4 Å². The van der Waals surface area contributed by atoms with E-state index in [1.54, 1.807) is 25.1 Å². The number of ether oxygens (including phenoxy) is 1. The lowest BCUT2D eigenvalue weighted by Gasteiger charge is -2.34. The molecule has 0 saturated carbocycles. The number of hydrogen-bond donors (Lipinski definition) is 1. The number of halogens is 3. The number of alkyl halides is 2. The van der Waals surface area contributed by atoms with Gasteiger partial charge in [0.25, 0.3) is 0 Å². The third-order valence-corrected chi connectivity index (χ3v) is 6.45. The first-order valence-electron chi connectivity index (χ1n) is 11.5. The number of fused-ring (bicyclic) bond motifs is 2. The van der Waals surface area contributed by atoms with Gasteiger partial charge in [-0.1, -0.05) is 11.3 Å². The Balaban J connectivity index is 1.52. The minimum atomic E-state index is -1.32. The fourth-order valence-corrected chi connectivity index (χ4v) is 4.50. The van der Waals surface area contributed by atoms with Gasteiger partial charge < -0.3 is 15.0 Å². The van der Waals surface area contributed by atoms with Gasteiger partial charge in [0.15, 0.2) is 5.82 Å². The standard InChI is InChI=1S/C23H25F3N8O2/c1-12(9-24)34-19-8-14(4-5-18(19)29-31-34)20-16(26)11-33-21(20)22(36-3)28-23(30-33)27-17-6-7-32(13(2)35)10-15(17)25/h4-5,8,11-12,15,17H,6-7,9-10H2,1-3H3,(H,27,30)/t12-,15-,17+/m1/s1. The Kier molecular flexibility index (Phi) is 6.14. The molecular formula is C23H25F3N8O2. The lowest BCUT2D eigenvalue weighted by atomic mass is 10.0. The molecular weight excluding hydrogens is 477 g/mol. The van der Waals surface area contributed by atoms with Gasteiger partial charge in [-0.05, 0) is 31.0 Å². The second-order valence-corrected chi connectivity index (χ2v) is 8.85. The molecule has 36 heavy (non-hydrogen) atoms. The van der Waals surface area contributed by atoms with Crippen molar-refractivity contribution >= 4 is 28.4 Å². The van der Waals surface area contributed by atoms with E-state index in [9.17, 15) is 13.6 Å². The monoisotopic (exact) mass is 502 g/mol. The largest absolute Gasteiger partial charge is 0.479 e. The topological polar surface area (TPSA) is 102 Å². The number of aromatic nitrogens is 6. The average molecular weight is 503 g/mol. The van der Waals surface area contributed by atoms with E-state index >= 15 is 4.39 Å². The molecule has 0 bridgehead atoms. The van der Waals surface area contributed by atoms with Crippen LogP contribution < -0.4 is 10.1 Å². The van der Waals surface area contributed by atoms with E-state index in [4.69, 9.17) is 4.74 Å². The number of nitrogens with one attached hydrogen (secondary N) is 1. The number of carbonyl (C=O) groups is 1. The normalized spacial score (nSPS) is 19.1. The van der Waals surface area contributed by atoms with Crippen molar-refractivity contribution in [1.82, 2.24) is 34.5 Å². The zero-order chi connectivity index (χ0) is 25.6. The summed E-state index contributed by atoms with van der Waals surface area (Å²) in [6.45, 7) is 2.83. The molecule has 5 rings (SSSR count). The quantitative estimate of drug-likeness (QED) is 0.432. The Labute approximate surface area is 204 Å². The third-order valence-electron chi connectivity index (χ3n) is 6.45. The second kappa shape index (κ2) is 9.28. The molecule has 1 saturated heterocycles. The fourth-order valence-electron chi connectivity index (χ4n) is 4.50. The summed E-state index contributed by atoms with van der Waals surface area (Å²) >= 11 is 0. The van der Waals surface area contributed by atoms with Crippen LogP contribution in [0.5, 0.6) is 5.88 Å². The van der Waals surface area contributed by atoms with Gasteiger partial charge in [-0.3, -0.25) is 4.79 Å². The summed E-state index contributed by atoms with van der Waals surface area (Å²) in [6, 6.07) is 3.90. The summed E-state index contributed by atoms with van der Waals surface area (Å²) in [5, 5.41) is 15.4. The van der Waals surface area contributed by atoms with Gasteiger partial charge in [0.05, 0.1) is 43.0 Å². The van der Waals surface area contributed by atoms with Crippen LogP contribution in [-0.4, -0.2) is 79.5 Å². The van der Waals surface area contributed by atoms with Crippen LogP contribution in [0.15, 0.2) is 24.4 Å². The Bertz CT molecular complexity index is 1440. The van der Waals surface area contributed by atoms with Crippen molar-refractivity contribution in [2.24, 2.45) is 0 Å². The molecule has 0 radical (unpaired) electrons. The molecule has 1 amide bonds. The molecule has 3 atom stereocenters. The maximum Gasteiger partial charge on any atom is 0.244 e. The van der Waals surface area contributed by atoms with Crippen molar-refractivity contribution in [3.05, 3.63) is 30.2 Å². The van der Waals surface area contributed by atoms with Crippen molar-refractivity contribution in [2.45, 2.75) is 38.5 Å². The Morgan fingerprint density at radius 1 is 1.36 bits per heavy atom. The van der Waals surface area contributed by atoms with E-state index in [-0.39, 0.29) is 35.4 Å². The molecule has 190 valence electrons. The highest BCUT2D eigenvalue weighted by molar-refractivity contribution is 5.89. The molecule has 0 unspecified atom stereocenters. The van der Waals surface area contributed by atoms with Crippen molar-refractivity contribution < 1.29 is 22.7 Å². The summed E-state index contributed by atoms with van der Waals surface area (Å²) in [5.41, 5.74) is 2.06. The zero-order valence-corrected chi connectivity index (χ0v) is 20.0. The van der Waals surface area contributed by atoms with Gasteiger partial charge in [0.1, 0.15) is 23.9 Å². The molecule has 4 aromatic rings. The Morgan fingerprint density at radius 3 is 2.86 bits per heavy atom. The van der Waals surface area contributed by atoms with Gasteiger partial charge in [-0.15, -0.1) is 10.2 Å². The molecule has 1 aliphatic rings. The molecule has 13 heteroatoms. The molecule has 1 fully saturated rings. The van der Waals surface area contributed by atoms with E-state index in [2.05, 4.69) is 25.7 Å². The zero-order valence-electron chi connectivity index (χ0n) is 20.0. The molecule has 4 heterocycles. The molecule has 1 N–H and O–H groups in total. The summed E-state index contributed by atoms with van der Waals surface area (Å²) in [7, 11) is 1.40. The van der Waals surface area contributed by atoms with E-state index in [0.29, 0.717) is 29.6 Å². The van der Waals surface area contributed by atoms with Crippen molar-refractivity contribution in [2.75, 3.05) is 32.2 Å². The van der Waals surface area contributed by atoms with Crippen LogP contribution in [0, 0.1) is 5.82 Å². The van der Waals surface area contributed by atoms with Crippen molar-refractivity contribution in [3.63, 3.8) is 0 Å². The highest BCUT2D eigenvalue weighted by atomic mass is 19.1. The van der Waals surface area contributed by atoms with Crippen LogP contribution in [-0.2, 0) is 4.79 Å². The number of carbonyl (C=O) groups excluding carboxylic acids is 1. The minimum Gasteiger partial charge on any atom is -0.479 e. The van der Waals surface area contributed by atoms with Crippen LogP contribution in [0.3, 0.4) is 0 Å². The van der Waals surface area contributed by atoms with Gasteiger partial charge in [0.2, 0.25) is 17.7 Å². The maximum absolute atomic E-state index is 15.3. The fraction of sp³-hybridized carbons (Fsp3) is 0.435. The van der Waals surface area contributed by atoms with Gasteiger partial charge >= 0.3 is 0 Å². The Morgan fingerprint density at radius 2 is 2.17 bits per heavy atom. The number of rotatable bonds is 6. The molecule has 10 nitrogen and oxygen atoms in total. The molecule has 3 aromatic heterocycles. The average Bonchev–Trinajstić information content (AvgIpc) is 3.43. The maximum atomic E-state index is 15.3. The highest BCUT2D eigenvalue weighted by Crippen LogP contribution is 2.35. The van der Waals surface area contributed by atoms with E-state index in [0.717, 1.165) is 0 Å². The SMILES string of the molecule is COc1nc(N[C@H]2CCN(C(C)=O)C[C@H]2F)nn2cc(F)c(-c3ccc4nnn([C@H](C)CF)c4c3)c12. The first-order chi connectivity index (χ1) is 17.3. The summed E-state index contributed by atoms with van der Waals surface area (Å²) < 4.78 is 51.4. The minimum absolute atomic E-state index is 0.0242. The summed E-state index contributed by atoms with van der Waals surface area (Å²) in [6.07, 6.45) is 0.242. The molecule has 1 aromatic carbocycles. The van der Waals surface area contributed by atoms with E-state index < -0.39 is 30.7 Å². The number of piperidine rings is 1. The lowest BCUT2D eigenvalue weighted by molar-refractivity contribution is -0.131. The van der Waals surface area contributed by atoms with E-state index in [1.165, 1.54) is 34.3 Å². The Hall–Kier alpha value is -3.90. The number of amides is 1. The molecule has 0 aliphatic carbocycles. The van der Waals surface area contributed by atoms with Crippen molar-refractivity contribution in [3.8, 4) is 17.0 Å². The van der Waals surface area contributed by atoms with Crippen molar-refractivity contribution in [1.29, 1.82) is 0 Å². The van der Waals surface area contributed by atoms with E-state index in [1.807, 2.05) is 0 Å². The van der Waals surface area contributed by atoms with Crippen LogP contribution in [0.1, 0.15) is 26.3 Å². The number of hydrogen-bond acceptors (Lipinski definition) is 7. The second-order valence-electron chi connectivity index (χ2n) is 8.85. The molecule has 1 aliphatic heterocycles.